The average Bonchev–Trinajstić information content (AvgIpc) is 2.65. The van der Waals surface area contributed by atoms with Crippen LogP contribution < -0.4 is 16.0 Å². The van der Waals surface area contributed by atoms with Gasteiger partial charge in [-0.1, -0.05) is 5.21 Å². The van der Waals surface area contributed by atoms with Gasteiger partial charge in [0.2, 0.25) is 5.91 Å². The lowest BCUT2D eigenvalue weighted by molar-refractivity contribution is -0.120. The summed E-state index contributed by atoms with van der Waals surface area (Å²) in [6, 6.07) is -0.541. The molecule has 1 heterocycles. The van der Waals surface area contributed by atoms with E-state index in [9.17, 15) is 9.59 Å². The maximum atomic E-state index is 11.3. The first-order chi connectivity index (χ1) is 7.65. The number of amides is 3. The van der Waals surface area contributed by atoms with Crippen LogP contribution in [-0.4, -0.2) is 41.0 Å². The molecule has 0 aliphatic carbocycles. The van der Waals surface area contributed by atoms with E-state index in [1.807, 2.05) is 0 Å². The first-order valence-electron chi connectivity index (χ1n) is 4.71. The highest BCUT2D eigenvalue weighted by Crippen LogP contribution is 1.91. The number of nitrogens with zero attached hydrogens (tertiary/aromatic N) is 3. The molecule has 16 heavy (non-hydrogen) atoms. The topological polar surface area (TPSA) is 101 Å². The Kier molecular flexibility index (Phi) is 4.40. The van der Waals surface area contributed by atoms with Gasteiger partial charge in [0.1, 0.15) is 6.54 Å². The smallest absolute Gasteiger partial charge is 0.321 e. The number of carbonyl (C=O) groups is 2. The highest BCUT2D eigenvalue weighted by molar-refractivity contribution is 5.93. The van der Waals surface area contributed by atoms with E-state index in [1.165, 1.54) is 11.7 Å². The van der Waals surface area contributed by atoms with Crippen LogP contribution >= 0.6 is 0 Å². The normalized spacial score (nSPS) is 9.88. The van der Waals surface area contributed by atoms with Crippen molar-refractivity contribution in [3.05, 3.63) is 11.9 Å². The maximum absolute atomic E-state index is 11.3. The minimum atomic E-state index is -0.541. The molecule has 3 N–H and O–H groups in total. The standard InChI is InChI=1S/C8H14N6O2/c1-9-3-6-4-14(13-12-6)5-7(15)11-8(16)10-2/h4,9H,3,5H2,1-2H3,(H2,10,11,15,16). The van der Waals surface area contributed by atoms with Crippen LogP contribution in [0.4, 0.5) is 4.79 Å². The first kappa shape index (κ1) is 12.1. The molecule has 0 unspecified atom stereocenters. The lowest BCUT2D eigenvalue weighted by atomic mass is 10.5. The summed E-state index contributed by atoms with van der Waals surface area (Å²) in [6.45, 7) is 0.543. The molecule has 0 aliphatic heterocycles. The van der Waals surface area contributed by atoms with Gasteiger partial charge < -0.3 is 10.6 Å². The second-order valence-corrected chi connectivity index (χ2v) is 3.07. The van der Waals surface area contributed by atoms with Gasteiger partial charge in [-0.3, -0.25) is 10.1 Å². The molecule has 0 atom stereocenters. The molecule has 0 fully saturated rings. The van der Waals surface area contributed by atoms with Crippen molar-refractivity contribution in [3.8, 4) is 0 Å². The molecule has 3 amide bonds. The quantitative estimate of drug-likeness (QED) is 0.577. The lowest BCUT2D eigenvalue weighted by Crippen LogP contribution is -2.39. The molecule has 88 valence electrons. The summed E-state index contributed by atoms with van der Waals surface area (Å²) >= 11 is 0. The fourth-order valence-corrected chi connectivity index (χ4v) is 1.05. The second kappa shape index (κ2) is 5.81. The van der Waals surface area contributed by atoms with Crippen LogP contribution in [0.1, 0.15) is 5.69 Å². The van der Waals surface area contributed by atoms with Crippen LogP contribution in [0.15, 0.2) is 6.20 Å². The summed E-state index contributed by atoms with van der Waals surface area (Å²) < 4.78 is 1.37. The predicted molar refractivity (Wildman–Crippen MR) is 55.4 cm³/mol. The number of aromatic nitrogens is 3. The van der Waals surface area contributed by atoms with Gasteiger partial charge in [0, 0.05) is 13.6 Å². The molecule has 0 radical (unpaired) electrons. The van der Waals surface area contributed by atoms with Gasteiger partial charge in [0.15, 0.2) is 0 Å². The molecule has 1 rings (SSSR count). The Morgan fingerprint density at radius 1 is 1.44 bits per heavy atom. The van der Waals surface area contributed by atoms with E-state index in [1.54, 1.807) is 13.2 Å². The van der Waals surface area contributed by atoms with Crippen molar-refractivity contribution in [2.24, 2.45) is 0 Å². The highest BCUT2D eigenvalue weighted by atomic mass is 16.2. The Morgan fingerprint density at radius 3 is 2.81 bits per heavy atom. The molecule has 1 aromatic heterocycles. The van der Waals surface area contributed by atoms with Gasteiger partial charge in [0.25, 0.3) is 0 Å². The number of hydrogen-bond donors (Lipinski definition) is 3. The third-order valence-corrected chi connectivity index (χ3v) is 1.73. The predicted octanol–water partition coefficient (Wildman–Crippen LogP) is -1.55. The van der Waals surface area contributed by atoms with Gasteiger partial charge in [-0.25, -0.2) is 9.48 Å². The van der Waals surface area contributed by atoms with Crippen molar-refractivity contribution in [2.75, 3.05) is 14.1 Å². The van der Waals surface area contributed by atoms with Gasteiger partial charge in [-0.05, 0) is 7.05 Å². The maximum Gasteiger partial charge on any atom is 0.321 e. The van der Waals surface area contributed by atoms with E-state index in [2.05, 4.69) is 26.3 Å². The van der Waals surface area contributed by atoms with Gasteiger partial charge >= 0.3 is 6.03 Å². The molecule has 0 saturated carbocycles. The Labute approximate surface area is 92.4 Å². The fraction of sp³-hybridized carbons (Fsp3) is 0.500. The SMILES string of the molecule is CNCc1cn(CC(=O)NC(=O)NC)nn1. The molecular weight excluding hydrogens is 212 g/mol. The van der Waals surface area contributed by atoms with Crippen LogP contribution in [-0.2, 0) is 17.9 Å². The number of nitrogens with one attached hydrogen (secondary N) is 3. The molecule has 0 bridgehead atoms. The molecular formula is C8H14N6O2. The summed E-state index contributed by atoms with van der Waals surface area (Å²) in [4.78, 5) is 22.1. The molecule has 0 aromatic carbocycles. The summed E-state index contributed by atoms with van der Waals surface area (Å²) in [7, 11) is 3.22. The molecule has 8 nitrogen and oxygen atoms in total. The first-order valence-corrected chi connectivity index (χ1v) is 4.71. The average molecular weight is 226 g/mol. The Hall–Kier alpha value is -1.96. The summed E-state index contributed by atoms with van der Waals surface area (Å²) in [5, 5.41) is 14.9. The minimum Gasteiger partial charge on any atom is -0.341 e. The summed E-state index contributed by atoms with van der Waals surface area (Å²) in [6.07, 6.45) is 1.64. The van der Waals surface area contributed by atoms with E-state index >= 15 is 0 Å². The van der Waals surface area contributed by atoms with Crippen molar-refractivity contribution in [3.63, 3.8) is 0 Å². The highest BCUT2D eigenvalue weighted by Gasteiger charge is 2.08. The van der Waals surface area contributed by atoms with Crippen LogP contribution in [0.2, 0.25) is 0 Å². The molecule has 0 aliphatic rings. The van der Waals surface area contributed by atoms with Crippen molar-refractivity contribution in [1.29, 1.82) is 0 Å². The van der Waals surface area contributed by atoms with Crippen LogP contribution in [0.25, 0.3) is 0 Å². The summed E-state index contributed by atoms with van der Waals surface area (Å²) in [5.41, 5.74) is 0.732. The molecule has 1 aromatic rings. The van der Waals surface area contributed by atoms with Gasteiger partial charge in [-0.15, -0.1) is 5.10 Å². The fourth-order valence-electron chi connectivity index (χ4n) is 1.05. The zero-order valence-corrected chi connectivity index (χ0v) is 9.15. The second-order valence-electron chi connectivity index (χ2n) is 3.07. The molecule has 8 heteroatoms. The minimum absolute atomic E-state index is 0.0376. The zero-order chi connectivity index (χ0) is 12.0. The van der Waals surface area contributed by atoms with Crippen molar-refractivity contribution in [1.82, 2.24) is 30.9 Å². The van der Waals surface area contributed by atoms with Crippen LogP contribution in [0, 0.1) is 0 Å². The largest absolute Gasteiger partial charge is 0.341 e. The van der Waals surface area contributed by atoms with Gasteiger partial charge in [-0.2, -0.15) is 0 Å². The van der Waals surface area contributed by atoms with Crippen LogP contribution in [0.3, 0.4) is 0 Å². The van der Waals surface area contributed by atoms with E-state index in [0.29, 0.717) is 6.54 Å². The van der Waals surface area contributed by atoms with E-state index in [0.717, 1.165) is 5.69 Å². The number of imide groups is 1. The molecule has 0 spiro atoms. The van der Waals surface area contributed by atoms with Crippen molar-refractivity contribution < 1.29 is 9.59 Å². The van der Waals surface area contributed by atoms with E-state index in [4.69, 9.17) is 0 Å². The Bertz CT molecular complexity index is 374. The van der Waals surface area contributed by atoms with E-state index < -0.39 is 11.9 Å². The van der Waals surface area contributed by atoms with Crippen molar-refractivity contribution >= 4 is 11.9 Å². The summed E-state index contributed by atoms with van der Waals surface area (Å²) in [5.74, 6) is -0.444. The number of carbonyl (C=O) groups excluding carboxylic acids is 2. The zero-order valence-electron chi connectivity index (χ0n) is 9.15. The number of urea groups is 1. The van der Waals surface area contributed by atoms with E-state index in [-0.39, 0.29) is 6.54 Å². The monoisotopic (exact) mass is 226 g/mol. The number of hydrogen-bond acceptors (Lipinski definition) is 5. The third kappa shape index (κ3) is 3.65. The van der Waals surface area contributed by atoms with Crippen molar-refractivity contribution in [2.45, 2.75) is 13.1 Å². The molecule has 0 saturated heterocycles. The lowest BCUT2D eigenvalue weighted by Gasteiger charge is -2.01. The van der Waals surface area contributed by atoms with Crippen LogP contribution in [0.5, 0.6) is 0 Å². The van der Waals surface area contributed by atoms with Gasteiger partial charge in [0.05, 0.1) is 11.9 Å². The Balaban J connectivity index is 2.46. The Morgan fingerprint density at radius 2 is 2.19 bits per heavy atom. The number of rotatable bonds is 4. The third-order valence-electron chi connectivity index (χ3n) is 1.73.